The smallest absolute Gasteiger partial charge is 0.331 e. The fourth-order valence-corrected chi connectivity index (χ4v) is 5.44. The van der Waals surface area contributed by atoms with E-state index in [0.717, 1.165) is 29.7 Å². The van der Waals surface area contributed by atoms with Crippen LogP contribution in [0, 0.1) is 0 Å². The Balaban J connectivity index is 1.47. The zero-order chi connectivity index (χ0) is 24.4. The summed E-state index contributed by atoms with van der Waals surface area (Å²) < 4.78 is 34.5. The van der Waals surface area contributed by atoms with Crippen LogP contribution in [-0.2, 0) is 30.8 Å². The van der Waals surface area contributed by atoms with Crippen molar-refractivity contribution in [2.75, 3.05) is 24.7 Å². The Morgan fingerprint density at radius 3 is 2.47 bits per heavy atom. The quantitative estimate of drug-likeness (QED) is 0.357. The molecule has 0 spiro atoms. The number of unbranched alkanes of at least 4 members (excludes halogenated alkanes) is 1. The van der Waals surface area contributed by atoms with E-state index < -0.39 is 22.4 Å². The van der Waals surface area contributed by atoms with Crippen LogP contribution in [0.5, 0.6) is 5.75 Å². The van der Waals surface area contributed by atoms with Crippen LogP contribution in [0.4, 0.5) is 0 Å². The molecule has 0 saturated carbocycles. The topological polar surface area (TPSA) is 90.0 Å². The van der Waals surface area contributed by atoms with E-state index in [-0.39, 0.29) is 23.5 Å². The first-order valence-electron chi connectivity index (χ1n) is 11.5. The molecule has 1 aliphatic rings. The lowest BCUT2D eigenvalue weighted by atomic mass is 10.2. The second-order valence-corrected chi connectivity index (χ2v) is 10.5. The molecule has 34 heavy (non-hydrogen) atoms. The summed E-state index contributed by atoms with van der Waals surface area (Å²) in [7, 11) is -3.11. The predicted octanol–water partition coefficient (Wildman–Crippen LogP) is 3.64. The number of amides is 1. The number of rotatable bonds is 11. The van der Waals surface area contributed by atoms with Gasteiger partial charge in [-0.3, -0.25) is 4.79 Å². The highest BCUT2D eigenvalue weighted by Gasteiger charge is 2.34. The molecule has 0 bridgehead atoms. The van der Waals surface area contributed by atoms with Crippen molar-refractivity contribution >= 4 is 27.8 Å². The Kier molecular flexibility index (Phi) is 9.27. The highest BCUT2D eigenvalue weighted by Crippen LogP contribution is 2.19. The van der Waals surface area contributed by atoms with Gasteiger partial charge >= 0.3 is 5.97 Å². The van der Waals surface area contributed by atoms with Crippen LogP contribution in [0.2, 0.25) is 0 Å². The fraction of sp³-hybridized carbons (Fsp3) is 0.385. The lowest BCUT2D eigenvalue weighted by Crippen LogP contribution is -2.43. The summed E-state index contributed by atoms with van der Waals surface area (Å²) in [5.74, 6) is -0.215. The maximum Gasteiger partial charge on any atom is 0.331 e. The lowest BCUT2D eigenvalue weighted by molar-refractivity contribution is -0.149. The molecule has 0 aliphatic carbocycles. The first-order valence-corrected chi connectivity index (χ1v) is 13.3. The Hall–Kier alpha value is -3.13. The molecule has 1 unspecified atom stereocenters. The van der Waals surface area contributed by atoms with Gasteiger partial charge in [0.25, 0.3) is 5.91 Å². The van der Waals surface area contributed by atoms with E-state index in [0.29, 0.717) is 19.6 Å². The van der Waals surface area contributed by atoms with E-state index >= 15 is 0 Å². The molecule has 1 fully saturated rings. The van der Waals surface area contributed by atoms with Crippen molar-refractivity contribution in [1.29, 1.82) is 0 Å². The molecular formula is C26H31NO6S. The molecule has 7 nitrogen and oxygen atoms in total. The summed E-state index contributed by atoms with van der Waals surface area (Å²) in [5, 5.41) is 0. The minimum absolute atomic E-state index is 0.0264. The Morgan fingerprint density at radius 1 is 1.09 bits per heavy atom. The number of carbonyl (C=O) groups excluding carboxylic acids is 2. The first kappa shape index (κ1) is 25.5. The van der Waals surface area contributed by atoms with Crippen LogP contribution < -0.4 is 4.74 Å². The standard InChI is InChI=1S/C26H31NO6S/c1-2-3-16-27(23-15-17-34(30,31)20-23)25(28)19-33-26(29)14-11-21-9-12-24(13-10-21)32-18-22-7-5-4-6-8-22/h4-14,23H,2-3,15-20H2,1H3/b14-11+. The zero-order valence-corrected chi connectivity index (χ0v) is 20.2. The van der Waals surface area contributed by atoms with E-state index in [1.165, 1.54) is 6.08 Å². The van der Waals surface area contributed by atoms with Gasteiger partial charge in [0, 0.05) is 18.7 Å². The van der Waals surface area contributed by atoms with Crippen molar-refractivity contribution < 1.29 is 27.5 Å². The second kappa shape index (κ2) is 12.4. The minimum atomic E-state index is -3.11. The molecule has 2 aromatic carbocycles. The molecule has 182 valence electrons. The number of ether oxygens (including phenoxy) is 2. The average Bonchev–Trinajstić information content (AvgIpc) is 3.20. The second-order valence-electron chi connectivity index (χ2n) is 8.28. The van der Waals surface area contributed by atoms with Crippen molar-refractivity contribution in [3.05, 3.63) is 71.8 Å². The third-order valence-corrected chi connectivity index (χ3v) is 7.35. The molecule has 1 saturated heterocycles. The molecule has 0 N–H and O–H groups in total. The van der Waals surface area contributed by atoms with Crippen molar-refractivity contribution in [2.45, 2.75) is 38.8 Å². The predicted molar refractivity (Wildman–Crippen MR) is 131 cm³/mol. The normalized spacial score (nSPS) is 16.9. The molecule has 1 atom stereocenters. The van der Waals surface area contributed by atoms with Crippen LogP contribution in [0.1, 0.15) is 37.3 Å². The maximum atomic E-state index is 12.6. The van der Waals surface area contributed by atoms with Gasteiger partial charge in [-0.1, -0.05) is 55.8 Å². The number of hydrogen-bond acceptors (Lipinski definition) is 6. The van der Waals surface area contributed by atoms with E-state index in [9.17, 15) is 18.0 Å². The molecule has 8 heteroatoms. The molecule has 0 aromatic heterocycles. The van der Waals surface area contributed by atoms with E-state index in [1.54, 1.807) is 11.0 Å². The summed E-state index contributed by atoms with van der Waals surface area (Å²) in [4.78, 5) is 26.3. The van der Waals surface area contributed by atoms with Crippen LogP contribution in [0.15, 0.2) is 60.7 Å². The summed E-state index contributed by atoms with van der Waals surface area (Å²) in [5.41, 5.74) is 1.86. The van der Waals surface area contributed by atoms with Gasteiger partial charge in [-0.05, 0) is 42.2 Å². The van der Waals surface area contributed by atoms with E-state index in [1.807, 2.05) is 61.5 Å². The maximum absolute atomic E-state index is 12.6. The molecular weight excluding hydrogens is 454 g/mol. The fourth-order valence-electron chi connectivity index (χ4n) is 3.70. The molecule has 3 rings (SSSR count). The number of sulfone groups is 1. The number of benzene rings is 2. The summed E-state index contributed by atoms with van der Waals surface area (Å²) in [6.45, 7) is 2.52. The molecule has 2 aromatic rings. The van der Waals surface area contributed by atoms with Crippen LogP contribution in [0.25, 0.3) is 6.08 Å². The van der Waals surface area contributed by atoms with E-state index in [2.05, 4.69) is 0 Å². The van der Waals surface area contributed by atoms with Crippen molar-refractivity contribution in [3.8, 4) is 5.75 Å². The minimum Gasteiger partial charge on any atom is -0.489 e. The Morgan fingerprint density at radius 2 is 1.82 bits per heavy atom. The summed E-state index contributed by atoms with van der Waals surface area (Å²) in [6.07, 6.45) is 4.94. The summed E-state index contributed by atoms with van der Waals surface area (Å²) >= 11 is 0. The highest BCUT2D eigenvalue weighted by atomic mass is 32.2. The number of esters is 1. The van der Waals surface area contributed by atoms with Crippen molar-refractivity contribution in [1.82, 2.24) is 4.90 Å². The van der Waals surface area contributed by atoms with Gasteiger partial charge in [0.15, 0.2) is 16.4 Å². The van der Waals surface area contributed by atoms with Gasteiger partial charge in [-0.15, -0.1) is 0 Å². The Bertz CT molecular complexity index is 1080. The number of carbonyl (C=O) groups is 2. The van der Waals surface area contributed by atoms with Gasteiger partial charge < -0.3 is 14.4 Å². The summed E-state index contributed by atoms with van der Waals surface area (Å²) in [6, 6.07) is 16.8. The third-order valence-electron chi connectivity index (χ3n) is 5.60. The van der Waals surface area contributed by atoms with Gasteiger partial charge in [0.2, 0.25) is 0 Å². The van der Waals surface area contributed by atoms with Crippen LogP contribution >= 0.6 is 0 Å². The van der Waals surface area contributed by atoms with Crippen LogP contribution in [-0.4, -0.2) is 55.9 Å². The van der Waals surface area contributed by atoms with Crippen LogP contribution in [0.3, 0.4) is 0 Å². The average molecular weight is 486 g/mol. The zero-order valence-electron chi connectivity index (χ0n) is 19.4. The highest BCUT2D eigenvalue weighted by molar-refractivity contribution is 7.91. The molecule has 1 heterocycles. The molecule has 1 amide bonds. The largest absolute Gasteiger partial charge is 0.489 e. The number of hydrogen-bond donors (Lipinski definition) is 0. The van der Waals surface area contributed by atoms with Gasteiger partial charge in [-0.25, -0.2) is 13.2 Å². The SMILES string of the molecule is CCCCN(C(=O)COC(=O)/C=C/c1ccc(OCc2ccccc2)cc1)C1CCS(=O)(=O)C1. The van der Waals surface area contributed by atoms with Crippen molar-refractivity contribution in [2.24, 2.45) is 0 Å². The molecule has 0 radical (unpaired) electrons. The third kappa shape index (κ3) is 8.02. The monoisotopic (exact) mass is 485 g/mol. The van der Waals surface area contributed by atoms with Gasteiger partial charge in [0.1, 0.15) is 12.4 Å². The van der Waals surface area contributed by atoms with Gasteiger partial charge in [-0.2, -0.15) is 0 Å². The lowest BCUT2D eigenvalue weighted by Gasteiger charge is -2.28. The van der Waals surface area contributed by atoms with E-state index in [4.69, 9.17) is 9.47 Å². The number of nitrogens with zero attached hydrogens (tertiary/aromatic N) is 1. The van der Waals surface area contributed by atoms with Gasteiger partial charge in [0.05, 0.1) is 11.5 Å². The van der Waals surface area contributed by atoms with Crippen molar-refractivity contribution in [3.63, 3.8) is 0 Å². The first-order chi connectivity index (χ1) is 16.4. The Labute approximate surface area is 201 Å². The molecule has 1 aliphatic heterocycles.